The number of hydrogen-bond acceptors (Lipinski definition) is 2. The van der Waals surface area contributed by atoms with E-state index in [1.807, 2.05) is 26.3 Å². The molecule has 0 aromatic heterocycles. The molecule has 0 saturated heterocycles. The van der Waals surface area contributed by atoms with Crippen LogP contribution < -0.4 is 0 Å². The third kappa shape index (κ3) is 3.90. The Labute approximate surface area is 185 Å². The van der Waals surface area contributed by atoms with Crippen molar-refractivity contribution in [1.29, 1.82) is 0 Å². The van der Waals surface area contributed by atoms with Crippen molar-refractivity contribution >= 4 is 5.97 Å². The Morgan fingerprint density at radius 2 is 1.90 bits per heavy atom. The summed E-state index contributed by atoms with van der Waals surface area (Å²) in [6, 6.07) is 0. The van der Waals surface area contributed by atoms with Crippen molar-refractivity contribution in [2.24, 2.45) is 40.4 Å². The molecular formula is C28H46O2. The van der Waals surface area contributed by atoms with E-state index in [4.69, 9.17) is 4.74 Å². The van der Waals surface area contributed by atoms with Gasteiger partial charge in [-0.2, -0.15) is 0 Å². The van der Waals surface area contributed by atoms with Gasteiger partial charge in [0, 0.05) is 6.42 Å². The summed E-state index contributed by atoms with van der Waals surface area (Å²) in [5, 5.41) is 0. The molecule has 3 fully saturated rings. The number of carbonyl (C=O) groups excluding carboxylic acids is 1. The van der Waals surface area contributed by atoms with Gasteiger partial charge in [-0.05, 0) is 119 Å². The summed E-state index contributed by atoms with van der Waals surface area (Å²) < 4.78 is 5.57. The Hall–Kier alpha value is -0.790. The maximum atomic E-state index is 12.3. The average Bonchev–Trinajstić information content (AvgIpc) is 3.01. The van der Waals surface area contributed by atoms with Crippen molar-refractivity contribution < 1.29 is 9.53 Å². The first-order valence-electron chi connectivity index (χ1n) is 13.0. The molecule has 2 heteroatoms. The number of hydrogen-bond donors (Lipinski definition) is 0. The molecule has 2 nitrogen and oxygen atoms in total. The van der Waals surface area contributed by atoms with Crippen molar-refractivity contribution in [3.63, 3.8) is 0 Å². The summed E-state index contributed by atoms with van der Waals surface area (Å²) >= 11 is 0. The van der Waals surface area contributed by atoms with E-state index in [9.17, 15) is 4.79 Å². The maximum Gasteiger partial charge on any atom is 0.306 e. The predicted molar refractivity (Wildman–Crippen MR) is 124 cm³/mol. The van der Waals surface area contributed by atoms with E-state index in [0.717, 1.165) is 30.1 Å². The van der Waals surface area contributed by atoms with E-state index in [1.54, 1.807) is 0 Å². The van der Waals surface area contributed by atoms with Crippen molar-refractivity contribution in [1.82, 2.24) is 0 Å². The summed E-state index contributed by atoms with van der Waals surface area (Å²) in [6.07, 6.45) is 16.9. The summed E-state index contributed by atoms with van der Waals surface area (Å²) in [7, 11) is 0. The minimum atomic E-state index is -0.369. The molecule has 3 saturated carbocycles. The van der Waals surface area contributed by atoms with Crippen LogP contribution in [0.5, 0.6) is 0 Å². The molecule has 4 aliphatic rings. The minimum Gasteiger partial charge on any atom is -0.460 e. The van der Waals surface area contributed by atoms with Crippen molar-refractivity contribution in [2.75, 3.05) is 0 Å². The Morgan fingerprint density at radius 1 is 1.13 bits per heavy atom. The number of fused-ring (bicyclic) bond motifs is 5. The Kier molecular flexibility index (Phi) is 5.95. The first-order valence-corrected chi connectivity index (χ1v) is 13.0. The molecule has 0 aliphatic heterocycles. The molecule has 0 N–H and O–H groups in total. The van der Waals surface area contributed by atoms with Crippen LogP contribution in [0.2, 0.25) is 0 Å². The molecule has 0 aromatic carbocycles. The third-order valence-electron chi connectivity index (χ3n) is 10.0. The zero-order chi connectivity index (χ0) is 21.7. The molecule has 0 heterocycles. The lowest BCUT2D eigenvalue weighted by Gasteiger charge is -2.58. The van der Waals surface area contributed by atoms with Crippen LogP contribution in [-0.2, 0) is 9.53 Å². The van der Waals surface area contributed by atoms with Crippen LogP contribution >= 0.6 is 0 Å². The van der Waals surface area contributed by atoms with Gasteiger partial charge in [-0.15, -0.1) is 0 Å². The summed E-state index contributed by atoms with van der Waals surface area (Å²) in [4.78, 5) is 12.3. The van der Waals surface area contributed by atoms with Gasteiger partial charge < -0.3 is 4.74 Å². The quantitative estimate of drug-likeness (QED) is 0.348. The highest BCUT2D eigenvalue weighted by molar-refractivity contribution is 5.69. The molecule has 4 aliphatic carbocycles. The van der Waals surface area contributed by atoms with Gasteiger partial charge in [0.2, 0.25) is 0 Å². The number of esters is 1. The van der Waals surface area contributed by atoms with E-state index in [-0.39, 0.29) is 11.6 Å². The van der Waals surface area contributed by atoms with E-state index in [2.05, 4.69) is 26.8 Å². The zero-order valence-corrected chi connectivity index (χ0v) is 20.6. The van der Waals surface area contributed by atoms with Crippen LogP contribution in [0.3, 0.4) is 0 Å². The zero-order valence-electron chi connectivity index (χ0n) is 20.6. The lowest BCUT2D eigenvalue weighted by molar-refractivity contribution is -0.155. The largest absolute Gasteiger partial charge is 0.460 e. The second kappa shape index (κ2) is 7.96. The second-order valence-electron chi connectivity index (χ2n) is 12.8. The number of allylic oxidation sites excluding steroid dienone is 2. The van der Waals surface area contributed by atoms with E-state index >= 15 is 0 Å². The highest BCUT2D eigenvalue weighted by atomic mass is 16.6. The van der Waals surface area contributed by atoms with Gasteiger partial charge in [-0.1, -0.05) is 38.8 Å². The molecule has 4 rings (SSSR count). The van der Waals surface area contributed by atoms with Crippen LogP contribution in [0.15, 0.2) is 11.6 Å². The summed E-state index contributed by atoms with van der Waals surface area (Å²) in [5.41, 5.74) is 2.43. The molecule has 30 heavy (non-hydrogen) atoms. The average molecular weight is 415 g/mol. The van der Waals surface area contributed by atoms with Crippen LogP contribution in [0, 0.1) is 40.4 Å². The van der Waals surface area contributed by atoms with E-state index < -0.39 is 0 Å². The molecule has 7 atom stereocenters. The standard InChI is InChI=1S/C28H46O2/c1-19(10-15-25(29)30-26(2,3)4)22-13-14-23-21-12-11-20-9-7-8-17-27(20,5)24(21)16-18-28(22,23)6/h11,19,21-24H,7-10,12-18H2,1-6H3. The molecule has 0 aromatic rings. The minimum absolute atomic E-state index is 0.0204. The first-order chi connectivity index (χ1) is 14.0. The van der Waals surface area contributed by atoms with Gasteiger partial charge in [-0.25, -0.2) is 0 Å². The number of carbonyl (C=O) groups is 1. The fraction of sp³-hybridized carbons (Fsp3) is 0.893. The SMILES string of the molecule is CC(CCC(=O)OC(C)(C)C)C1CCC2C3CC=C4CCCCC4(C)C3CCC12C. The highest BCUT2D eigenvalue weighted by Gasteiger charge is 2.58. The van der Waals surface area contributed by atoms with Crippen LogP contribution in [0.1, 0.15) is 112 Å². The fourth-order valence-electron chi connectivity index (χ4n) is 8.61. The number of ether oxygens (including phenoxy) is 1. The molecule has 0 spiro atoms. The van der Waals surface area contributed by atoms with Gasteiger partial charge in [-0.3, -0.25) is 4.79 Å². The monoisotopic (exact) mass is 414 g/mol. The molecule has 7 unspecified atom stereocenters. The first kappa shape index (κ1) is 22.4. The second-order valence-corrected chi connectivity index (χ2v) is 12.8. The normalized spacial score (nSPS) is 41.9. The fourth-order valence-corrected chi connectivity index (χ4v) is 8.61. The Bertz CT molecular complexity index is 685. The van der Waals surface area contributed by atoms with Gasteiger partial charge >= 0.3 is 5.97 Å². The lowest BCUT2D eigenvalue weighted by Crippen LogP contribution is -2.50. The van der Waals surface area contributed by atoms with E-state index in [1.165, 1.54) is 57.8 Å². The topological polar surface area (TPSA) is 26.3 Å². The van der Waals surface area contributed by atoms with Gasteiger partial charge in [0.05, 0.1) is 0 Å². The predicted octanol–water partition coefficient (Wildman–Crippen LogP) is 7.71. The molecule has 0 radical (unpaired) electrons. The molecular weight excluding hydrogens is 368 g/mol. The van der Waals surface area contributed by atoms with Crippen LogP contribution in [0.4, 0.5) is 0 Å². The maximum absolute atomic E-state index is 12.3. The third-order valence-corrected chi connectivity index (χ3v) is 10.0. The Morgan fingerprint density at radius 3 is 2.63 bits per heavy atom. The molecule has 170 valence electrons. The summed E-state index contributed by atoms with van der Waals surface area (Å²) in [6.45, 7) is 13.5. The Balaban J connectivity index is 1.44. The van der Waals surface area contributed by atoms with Crippen molar-refractivity contribution in [3.8, 4) is 0 Å². The van der Waals surface area contributed by atoms with Gasteiger partial charge in [0.15, 0.2) is 0 Å². The van der Waals surface area contributed by atoms with Gasteiger partial charge in [0.25, 0.3) is 0 Å². The molecule has 0 bridgehead atoms. The lowest BCUT2D eigenvalue weighted by atomic mass is 9.47. The highest BCUT2D eigenvalue weighted by Crippen LogP contribution is 2.67. The van der Waals surface area contributed by atoms with Crippen molar-refractivity contribution in [3.05, 3.63) is 11.6 Å². The van der Waals surface area contributed by atoms with E-state index in [0.29, 0.717) is 23.2 Å². The van der Waals surface area contributed by atoms with Crippen LogP contribution in [0.25, 0.3) is 0 Å². The number of rotatable bonds is 4. The summed E-state index contributed by atoms with van der Waals surface area (Å²) in [5.74, 6) is 4.08. The molecule has 0 amide bonds. The van der Waals surface area contributed by atoms with Crippen molar-refractivity contribution in [2.45, 2.75) is 118 Å². The smallest absolute Gasteiger partial charge is 0.306 e. The van der Waals surface area contributed by atoms with Gasteiger partial charge in [0.1, 0.15) is 5.60 Å². The van der Waals surface area contributed by atoms with Crippen LogP contribution in [-0.4, -0.2) is 11.6 Å².